The normalized spacial score (nSPS) is 10.2. The molecule has 0 aliphatic heterocycles. The van der Waals surface area contributed by atoms with Crippen LogP contribution in [0.2, 0.25) is 0 Å². The molecule has 7 heteroatoms. The largest absolute Gasteiger partial charge is 0.427 e. The van der Waals surface area contributed by atoms with Crippen LogP contribution < -0.4 is 9.47 Å². The number of benzene rings is 2. The minimum Gasteiger partial charge on any atom is -0.427 e. The lowest BCUT2D eigenvalue weighted by molar-refractivity contribution is -0.132. The van der Waals surface area contributed by atoms with Crippen LogP contribution >= 0.6 is 0 Å². The standard InChI is InChI=1S/C17H11F3O4/c1-3-15(22)24-14-7-6-12(16(19)17(14)20)11-5-4-10(8-13(11)18)23-9(2)21/h3-8H,1H2,2H3. The second-order valence-corrected chi connectivity index (χ2v) is 4.60. The Bertz CT molecular complexity index is 831. The average molecular weight is 336 g/mol. The molecule has 0 fully saturated rings. The predicted molar refractivity (Wildman–Crippen MR) is 78.9 cm³/mol. The topological polar surface area (TPSA) is 52.6 Å². The van der Waals surface area contributed by atoms with Crippen molar-refractivity contribution in [1.29, 1.82) is 0 Å². The summed E-state index contributed by atoms with van der Waals surface area (Å²) < 4.78 is 51.4. The van der Waals surface area contributed by atoms with Crippen molar-refractivity contribution in [3.63, 3.8) is 0 Å². The molecule has 0 unspecified atom stereocenters. The zero-order valence-electron chi connectivity index (χ0n) is 12.4. The van der Waals surface area contributed by atoms with E-state index in [1.807, 2.05) is 0 Å². The summed E-state index contributed by atoms with van der Waals surface area (Å²) in [4.78, 5) is 21.9. The van der Waals surface area contributed by atoms with Crippen molar-refractivity contribution in [2.24, 2.45) is 0 Å². The van der Waals surface area contributed by atoms with E-state index < -0.39 is 35.1 Å². The van der Waals surface area contributed by atoms with Gasteiger partial charge in [0.05, 0.1) is 0 Å². The number of hydrogen-bond donors (Lipinski definition) is 0. The molecule has 2 aromatic rings. The van der Waals surface area contributed by atoms with Gasteiger partial charge in [-0.05, 0) is 24.3 Å². The highest BCUT2D eigenvalue weighted by Crippen LogP contribution is 2.32. The molecule has 0 spiro atoms. The molecule has 2 rings (SSSR count). The minimum atomic E-state index is -1.44. The molecule has 0 amide bonds. The van der Waals surface area contributed by atoms with E-state index in [1.165, 1.54) is 6.07 Å². The smallest absolute Gasteiger partial charge is 0.335 e. The maximum absolute atomic E-state index is 14.1. The van der Waals surface area contributed by atoms with Crippen molar-refractivity contribution >= 4 is 11.9 Å². The van der Waals surface area contributed by atoms with E-state index in [0.717, 1.165) is 37.3 Å². The molecule has 0 radical (unpaired) electrons. The van der Waals surface area contributed by atoms with E-state index in [0.29, 0.717) is 0 Å². The Morgan fingerprint density at radius 1 is 1.00 bits per heavy atom. The van der Waals surface area contributed by atoms with Crippen molar-refractivity contribution in [2.45, 2.75) is 6.92 Å². The fraction of sp³-hybridized carbons (Fsp3) is 0.0588. The quantitative estimate of drug-likeness (QED) is 0.484. The van der Waals surface area contributed by atoms with Crippen LogP contribution in [0.3, 0.4) is 0 Å². The van der Waals surface area contributed by atoms with Gasteiger partial charge in [-0.3, -0.25) is 4.79 Å². The number of rotatable bonds is 4. The van der Waals surface area contributed by atoms with E-state index >= 15 is 0 Å². The summed E-state index contributed by atoms with van der Waals surface area (Å²) in [5.41, 5.74) is -0.623. The van der Waals surface area contributed by atoms with Crippen LogP contribution in [0, 0.1) is 17.5 Å². The molecule has 0 saturated heterocycles. The second-order valence-electron chi connectivity index (χ2n) is 4.60. The van der Waals surface area contributed by atoms with Crippen molar-refractivity contribution in [2.75, 3.05) is 0 Å². The fourth-order valence-corrected chi connectivity index (χ4v) is 1.91. The van der Waals surface area contributed by atoms with Gasteiger partial charge in [0.15, 0.2) is 11.6 Å². The Morgan fingerprint density at radius 3 is 2.25 bits per heavy atom. The summed E-state index contributed by atoms with van der Waals surface area (Å²) in [5, 5.41) is 0. The van der Waals surface area contributed by atoms with Gasteiger partial charge >= 0.3 is 11.9 Å². The van der Waals surface area contributed by atoms with E-state index in [2.05, 4.69) is 11.3 Å². The first-order valence-electron chi connectivity index (χ1n) is 6.64. The molecular formula is C17H11F3O4. The summed E-state index contributed by atoms with van der Waals surface area (Å²) in [6.45, 7) is 4.28. The Labute approximate surface area is 135 Å². The monoisotopic (exact) mass is 336 g/mol. The molecule has 0 saturated carbocycles. The highest BCUT2D eigenvalue weighted by Gasteiger charge is 2.19. The molecule has 0 aromatic heterocycles. The molecule has 0 heterocycles. The van der Waals surface area contributed by atoms with E-state index in [-0.39, 0.29) is 16.9 Å². The summed E-state index contributed by atoms with van der Waals surface area (Å²) in [6, 6.07) is 5.31. The van der Waals surface area contributed by atoms with Gasteiger partial charge in [0.2, 0.25) is 5.82 Å². The summed E-state index contributed by atoms with van der Waals surface area (Å²) in [7, 11) is 0. The third-order valence-corrected chi connectivity index (χ3v) is 2.92. The van der Waals surface area contributed by atoms with Crippen LogP contribution in [0.5, 0.6) is 11.5 Å². The number of ether oxygens (including phenoxy) is 2. The van der Waals surface area contributed by atoms with Gasteiger partial charge in [-0.15, -0.1) is 0 Å². The van der Waals surface area contributed by atoms with Crippen LogP contribution in [-0.4, -0.2) is 11.9 Å². The van der Waals surface area contributed by atoms with Gasteiger partial charge < -0.3 is 9.47 Å². The van der Waals surface area contributed by atoms with Crippen molar-refractivity contribution < 1.29 is 32.2 Å². The van der Waals surface area contributed by atoms with Gasteiger partial charge in [-0.1, -0.05) is 6.58 Å². The summed E-state index contributed by atoms with van der Waals surface area (Å²) >= 11 is 0. The molecule has 4 nitrogen and oxygen atoms in total. The van der Waals surface area contributed by atoms with Crippen molar-refractivity contribution in [1.82, 2.24) is 0 Å². The molecule has 0 aliphatic rings. The predicted octanol–water partition coefficient (Wildman–Crippen LogP) is 3.79. The number of halogens is 3. The number of esters is 2. The molecule has 0 bridgehead atoms. The molecular weight excluding hydrogens is 325 g/mol. The van der Waals surface area contributed by atoms with Crippen LogP contribution in [0.1, 0.15) is 6.92 Å². The molecule has 0 atom stereocenters. The third kappa shape index (κ3) is 3.62. The zero-order valence-corrected chi connectivity index (χ0v) is 12.4. The minimum absolute atomic E-state index is 0.0684. The SMILES string of the molecule is C=CC(=O)Oc1ccc(-c2ccc(OC(C)=O)cc2F)c(F)c1F. The first kappa shape index (κ1) is 17.3. The first-order valence-corrected chi connectivity index (χ1v) is 6.64. The van der Waals surface area contributed by atoms with Crippen LogP contribution in [-0.2, 0) is 9.59 Å². The number of carbonyl (C=O) groups is 2. The fourth-order valence-electron chi connectivity index (χ4n) is 1.91. The molecule has 0 aliphatic carbocycles. The maximum atomic E-state index is 14.1. The van der Waals surface area contributed by atoms with Crippen molar-refractivity contribution in [3.8, 4) is 22.6 Å². The molecule has 0 N–H and O–H groups in total. The Balaban J connectivity index is 2.42. The average Bonchev–Trinajstić information content (AvgIpc) is 2.52. The number of hydrogen-bond acceptors (Lipinski definition) is 4. The molecule has 24 heavy (non-hydrogen) atoms. The second kappa shape index (κ2) is 6.99. The first-order chi connectivity index (χ1) is 11.3. The molecule has 2 aromatic carbocycles. The Morgan fingerprint density at radius 2 is 1.67 bits per heavy atom. The lowest BCUT2D eigenvalue weighted by Crippen LogP contribution is -2.06. The highest BCUT2D eigenvalue weighted by atomic mass is 19.2. The van der Waals surface area contributed by atoms with E-state index in [9.17, 15) is 22.8 Å². The highest BCUT2D eigenvalue weighted by molar-refractivity contribution is 5.83. The molecule has 124 valence electrons. The Hall–Kier alpha value is -3.09. The van der Waals surface area contributed by atoms with E-state index in [1.54, 1.807) is 0 Å². The van der Waals surface area contributed by atoms with Crippen LogP contribution in [0.25, 0.3) is 11.1 Å². The van der Waals surface area contributed by atoms with Gasteiger partial charge in [0.25, 0.3) is 0 Å². The van der Waals surface area contributed by atoms with Gasteiger partial charge in [-0.2, -0.15) is 4.39 Å². The Kier molecular flexibility index (Phi) is 5.03. The lowest BCUT2D eigenvalue weighted by Gasteiger charge is -2.10. The van der Waals surface area contributed by atoms with Crippen molar-refractivity contribution in [3.05, 3.63) is 60.4 Å². The van der Waals surface area contributed by atoms with Crippen LogP contribution in [0.4, 0.5) is 13.2 Å². The maximum Gasteiger partial charge on any atom is 0.335 e. The van der Waals surface area contributed by atoms with Gasteiger partial charge in [0, 0.05) is 30.2 Å². The lowest BCUT2D eigenvalue weighted by atomic mass is 10.0. The van der Waals surface area contributed by atoms with E-state index in [4.69, 9.17) is 4.74 Å². The van der Waals surface area contributed by atoms with Crippen LogP contribution in [0.15, 0.2) is 43.0 Å². The summed E-state index contributed by atoms with van der Waals surface area (Å²) in [6.07, 6.45) is 0.790. The van der Waals surface area contributed by atoms with Gasteiger partial charge in [0.1, 0.15) is 11.6 Å². The zero-order chi connectivity index (χ0) is 17.9. The third-order valence-electron chi connectivity index (χ3n) is 2.92. The van der Waals surface area contributed by atoms with Gasteiger partial charge in [-0.25, -0.2) is 13.6 Å². The summed E-state index contributed by atoms with van der Waals surface area (Å²) in [5.74, 6) is -6.05. The number of carbonyl (C=O) groups excluding carboxylic acids is 2.